The Balaban J connectivity index is 0.00000450. The number of guanidine groups is 1. The second-order valence-electron chi connectivity index (χ2n) is 7.74. The van der Waals surface area contributed by atoms with E-state index in [0.29, 0.717) is 31.8 Å². The van der Waals surface area contributed by atoms with Crippen molar-refractivity contribution >= 4 is 35.8 Å². The van der Waals surface area contributed by atoms with Gasteiger partial charge in [-0.25, -0.2) is 4.99 Å². The molecule has 0 aromatic heterocycles. The lowest BCUT2D eigenvalue weighted by molar-refractivity contribution is -0.127. The van der Waals surface area contributed by atoms with Crippen LogP contribution in [0, 0.1) is 6.92 Å². The Kier molecular flexibility index (Phi) is 12.8. The Bertz CT molecular complexity index is 676. The molecule has 8 heteroatoms. The Morgan fingerprint density at radius 3 is 2.60 bits per heavy atom. The number of methoxy groups -OCH3 is 1. The van der Waals surface area contributed by atoms with Crippen LogP contribution in [0.5, 0.6) is 5.75 Å². The summed E-state index contributed by atoms with van der Waals surface area (Å²) in [7, 11) is 5.17. The average molecular weight is 532 g/mol. The van der Waals surface area contributed by atoms with Crippen LogP contribution in [0.2, 0.25) is 0 Å². The molecule has 1 aromatic rings. The molecule has 1 amide bonds. The van der Waals surface area contributed by atoms with Gasteiger partial charge in [0.05, 0.1) is 19.7 Å². The third-order valence-corrected chi connectivity index (χ3v) is 5.03. The second kappa shape index (κ2) is 14.5. The zero-order chi connectivity index (χ0) is 21.1. The lowest BCUT2D eigenvalue weighted by atomic mass is 9.96. The molecule has 1 aliphatic carbocycles. The van der Waals surface area contributed by atoms with Gasteiger partial charge in [0.25, 0.3) is 0 Å². The minimum atomic E-state index is 0. The van der Waals surface area contributed by atoms with Crippen LogP contribution in [-0.4, -0.2) is 63.8 Å². The Morgan fingerprint density at radius 1 is 1.20 bits per heavy atom. The molecule has 2 rings (SSSR count). The highest BCUT2D eigenvalue weighted by molar-refractivity contribution is 14.0. The minimum absolute atomic E-state index is 0. The van der Waals surface area contributed by atoms with Crippen molar-refractivity contribution in [2.45, 2.75) is 51.6 Å². The number of nitrogens with one attached hydrogen (secondary N) is 2. The fourth-order valence-corrected chi connectivity index (χ4v) is 3.24. The van der Waals surface area contributed by atoms with E-state index in [0.717, 1.165) is 29.7 Å². The fourth-order valence-electron chi connectivity index (χ4n) is 3.24. The van der Waals surface area contributed by atoms with Gasteiger partial charge in [0.1, 0.15) is 12.4 Å². The predicted octanol–water partition coefficient (Wildman–Crippen LogP) is 3.09. The maximum atomic E-state index is 12.0. The SMILES string of the molecule is COCCOc1cc(C)ccc1CN=C(NCC(=O)N(C)C)NC1CCCCC1.I. The normalized spacial score (nSPS) is 14.6. The molecular formula is C22H37IN4O3. The number of benzene rings is 1. The highest BCUT2D eigenvalue weighted by Gasteiger charge is 2.16. The molecule has 1 aromatic carbocycles. The van der Waals surface area contributed by atoms with E-state index < -0.39 is 0 Å². The Hall–Kier alpha value is -1.55. The maximum absolute atomic E-state index is 12.0. The summed E-state index contributed by atoms with van der Waals surface area (Å²) in [6, 6.07) is 6.53. The van der Waals surface area contributed by atoms with Crippen molar-refractivity contribution in [3.05, 3.63) is 29.3 Å². The molecule has 0 radical (unpaired) electrons. The molecule has 1 saturated carbocycles. The van der Waals surface area contributed by atoms with Gasteiger partial charge in [-0.05, 0) is 31.4 Å². The van der Waals surface area contributed by atoms with Crippen molar-refractivity contribution in [1.82, 2.24) is 15.5 Å². The summed E-state index contributed by atoms with van der Waals surface area (Å²) in [5, 5.41) is 6.70. The van der Waals surface area contributed by atoms with Crippen LogP contribution in [0.3, 0.4) is 0 Å². The number of ether oxygens (including phenoxy) is 2. The number of halogens is 1. The van der Waals surface area contributed by atoms with Gasteiger partial charge in [0.2, 0.25) is 5.91 Å². The van der Waals surface area contributed by atoms with Crippen molar-refractivity contribution in [3.8, 4) is 5.75 Å². The van der Waals surface area contributed by atoms with Gasteiger partial charge in [-0.15, -0.1) is 24.0 Å². The molecule has 0 saturated heterocycles. The van der Waals surface area contributed by atoms with Gasteiger partial charge in [-0.2, -0.15) is 0 Å². The zero-order valence-electron chi connectivity index (χ0n) is 18.7. The van der Waals surface area contributed by atoms with Crippen molar-refractivity contribution in [2.24, 2.45) is 4.99 Å². The number of aryl methyl sites for hydroxylation is 1. The summed E-state index contributed by atoms with van der Waals surface area (Å²) >= 11 is 0. The first-order valence-electron chi connectivity index (χ1n) is 10.5. The van der Waals surface area contributed by atoms with Gasteiger partial charge in [-0.1, -0.05) is 31.4 Å². The summed E-state index contributed by atoms with van der Waals surface area (Å²) in [5.41, 5.74) is 2.15. The van der Waals surface area contributed by atoms with Crippen LogP contribution >= 0.6 is 24.0 Å². The number of nitrogens with zero attached hydrogens (tertiary/aromatic N) is 2. The Labute approximate surface area is 198 Å². The molecule has 0 aliphatic heterocycles. The molecule has 0 spiro atoms. The molecule has 0 atom stereocenters. The van der Waals surface area contributed by atoms with Crippen molar-refractivity contribution in [2.75, 3.05) is 41.0 Å². The predicted molar refractivity (Wildman–Crippen MR) is 132 cm³/mol. The van der Waals surface area contributed by atoms with Crippen LogP contribution in [0.15, 0.2) is 23.2 Å². The third-order valence-electron chi connectivity index (χ3n) is 5.03. The first-order valence-corrected chi connectivity index (χ1v) is 10.5. The molecular weight excluding hydrogens is 495 g/mol. The van der Waals surface area contributed by atoms with Gasteiger partial charge in [0, 0.05) is 32.8 Å². The van der Waals surface area contributed by atoms with E-state index >= 15 is 0 Å². The number of amides is 1. The first-order chi connectivity index (χ1) is 14.0. The summed E-state index contributed by atoms with van der Waals surface area (Å²) in [5.74, 6) is 1.52. The molecule has 1 aliphatic rings. The molecule has 0 unspecified atom stereocenters. The molecule has 0 heterocycles. The number of hydrogen-bond acceptors (Lipinski definition) is 4. The van der Waals surface area contributed by atoms with Crippen LogP contribution in [0.1, 0.15) is 43.2 Å². The van der Waals surface area contributed by atoms with E-state index in [-0.39, 0.29) is 36.4 Å². The highest BCUT2D eigenvalue weighted by Crippen LogP contribution is 2.21. The van der Waals surface area contributed by atoms with Crippen LogP contribution in [-0.2, 0) is 16.1 Å². The molecule has 0 bridgehead atoms. The van der Waals surface area contributed by atoms with Gasteiger partial charge < -0.3 is 25.0 Å². The average Bonchev–Trinajstić information content (AvgIpc) is 2.71. The standard InChI is InChI=1S/C22H36N4O3.HI/c1-17-10-11-18(20(14-17)29-13-12-28-4)15-23-22(24-16-21(27)26(2)3)25-19-8-6-5-7-9-19;/h10-11,14,19H,5-9,12-13,15-16H2,1-4H3,(H2,23,24,25);1H. The van der Waals surface area contributed by atoms with Crippen LogP contribution in [0.25, 0.3) is 0 Å². The van der Waals surface area contributed by atoms with Crippen LogP contribution in [0.4, 0.5) is 0 Å². The van der Waals surface area contributed by atoms with Gasteiger partial charge >= 0.3 is 0 Å². The number of carbonyl (C=O) groups is 1. The molecule has 170 valence electrons. The number of rotatable bonds is 9. The Morgan fingerprint density at radius 2 is 1.93 bits per heavy atom. The quantitative estimate of drug-likeness (QED) is 0.221. The van der Waals surface area contributed by atoms with Gasteiger partial charge in [-0.3, -0.25) is 4.79 Å². The van der Waals surface area contributed by atoms with E-state index in [1.165, 1.54) is 19.3 Å². The zero-order valence-corrected chi connectivity index (χ0v) is 21.0. The van der Waals surface area contributed by atoms with Crippen molar-refractivity contribution in [1.29, 1.82) is 0 Å². The smallest absolute Gasteiger partial charge is 0.241 e. The lowest BCUT2D eigenvalue weighted by Crippen LogP contribution is -2.47. The van der Waals surface area contributed by atoms with E-state index in [4.69, 9.17) is 14.5 Å². The summed E-state index contributed by atoms with van der Waals surface area (Å²) in [4.78, 5) is 18.3. The second-order valence-corrected chi connectivity index (χ2v) is 7.74. The summed E-state index contributed by atoms with van der Waals surface area (Å²) in [6.07, 6.45) is 6.03. The van der Waals surface area contributed by atoms with Crippen LogP contribution < -0.4 is 15.4 Å². The fraction of sp³-hybridized carbons (Fsp3) is 0.636. The molecule has 7 nitrogen and oxygen atoms in total. The number of carbonyl (C=O) groups excluding carboxylic acids is 1. The topological polar surface area (TPSA) is 75.2 Å². The van der Waals surface area contributed by atoms with Crippen molar-refractivity contribution in [3.63, 3.8) is 0 Å². The van der Waals surface area contributed by atoms with E-state index in [1.807, 2.05) is 19.1 Å². The largest absolute Gasteiger partial charge is 0.491 e. The molecule has 2 N–H and O–H groups in total. The minimum Gasteiger partial charge on any atom is -0.491 e. The maximum Gasteiger partial charge on any atom is 0.241 e. The van der Waals surface area contributed by atoms with Gasteiger partial charge in [0.15, 0.2) is 5.96 Å². The number of hydrogen-bond donors (Lipinski definition) is 2. The summed E-state index contributed by atoms with van der Waals surface area (Å²) in [6.45, 7) is 3.77. The monoisotopic (exact) mass is 532 g/mol. The third kappa shape index (κ3) is 9.51. The van der Waals surface area contributed by atoms with E-state index in [9.17, 15) is 4.79 Å². The number of likely N-dealkylation sites (N-methyl/N-ethyl adjacent to an activating group) is 1. The van der Waals surface area contributed by atoms with E-state index in [2.05, 4.69) is 16.7 Å². The molecule has 30 heavy (non-hydrogen) atoms. The molecule has 1 fully saturated rings. The lowest BCUT2D eigenvalue weighted by Gasteiger charge is -2.25. The van der Waals surface area contributed by atoms with E-state index in [1.54, 1.807) is 26.1 Å². The highest BCUT2D eigenvalue weighted by atomic mass is 127. The number of aliphatic imine (C=N–C) groups is 1. The summed E-state index contributed by atoms with van der Waals surface area (Å²) < 4.78 is 11.0. The first kappa shape index (κ1) is 26.5. The van der Waals surface area contributed by atoms with Crippen molar-refractivity contribution < 1.29 is 14.3 Å².